The second-order valence-corrected chi connectivity index (χ2v) is 4.39. The lowest BCUT2D eigenvalue weighted by atomic mass is 10.1. The lowest BCUT2D eigenvalue weighted by Gasteiger charge is -2.11. The molecule has 88 valence electrons. The number of carbonyl (C=O) groups is 1. The topological polar surface area (TPSA) is 59.4 Å². The fraction of sp³-hybridized carbons (Fsp3) is 0.167. The predicted molar refractivity (Wildman–Crippen MR) is 64.4 cm³/mol. The molecule has 0 fully saturated rings. The molecule has 0 aliphatic rings. The van der Waals surface area contributed by atoms with E-state index in [1.807, 2.05) is 11.4 Å². The van der Waals surface area contributed by atoms with Crippen LogP contribution in [0.5, 0.6) is 5.75 Å². The maximum absolute atomic E-state index is 11.1. The molecule has 0 saturated carbocycles. The molecule has 2 aromatic heterocycles. The van der Waals surface area contributed by atoms with E-state index >= 15 is 0 Å². The van der Waals surface area contributed by atoms with Crippen LogP contribution >= 0.6 is 11.3 Å². The van der Waals surface area contributed by atoms with Gasteiger partial charge in [-0.2, -0.15) is 0 Å². The molecule has 0 spiro atoms. The molecular weight excluding hydrogens is 238 g/mol. The number of nitrogens with zero attached hydrogens (tertiary/aromatic N) is 1. The molecule has 2 heterocycles. The normalized spacial score (nSPS) is 12.0. The minimum Gasteiger partial charge on any atom is -0.491 e. The second-order valence-electron chi connectivity index (χ2n) is 3.41. The highest BCUT2D eigenvalue weighted by molar-refractivity contribution is 7.10. The van der Waals surface area contributed by atoms with Crippen LogP contribution in [-0.2, 0) is 4.79 Å². The van der Waals surface area contributed by atoms with Crippen molar-refractivity contribution in [2.75, 3.05) is 6.61 Å². The van der Waals surface area contributed by atoms with Gasteiger partial charge >= 0.3 is 5.97 Å². The van der Waals surface area contributed by atoms with E-state index in [1.165, 1.54) is 11.3 Å². The molecule has 1 N–H and O–H groups in total. The first-order chi connectivity index (χ1) is 8.27. The number of carboxylic acids is 1. The van der Waals surface area contributed by atoms with Gasteiger partial charge in [0.05, 0.1) is 6.20 Å². The van der Waals surface area contributed by atoms with Crippen LogP contribution in [0.3, 0.4) is 0 Å². The molecule has 1 atom stereocenters. The Balaban J connectivity index is 2.03. The SMILES string of the molecule is O=C(O)C(COc1cccnc1)c1cccs1. The molecule has 17 heavy (non-hydrogen) atoms. The molecule has 0 aromatic carbocycles. The standard InChI is InChI=1S/C12H11NO3S/c14-12(15)10(11-4-2-6-17-11)8-16-9-3-1-5-13-7-9/h1-7,10H,8H2,(H,14,15). The highest BCUT2D eigenvalue weighted by Crippen LogP contribution is 2.22. The van der Waals surface area contributed by atoms with Gasteiger partial charge in [-0.3, -0.25) is 9.78 Å². The van der Waals surface area contributed by atoms with Gasteiger partial charge in [0.1, 0.15) is 18.3 Å². The summed E-state index contributed by atoms with van der Waals surface area (Å²) in [4.78, 5) is 15.8. The average Bonchev–Trinajstić information content (AvgIpc) is 2.84. The van der Waals surface area contributed by atoms with Crippen molar-refractivity contribution in [1.82, 2.24) is 4.98 Å². The third kappa shape index (κ3) is 3.04. The zero-order valence-electron chi connectivity index (χ0n) is 8.95. The van der Waals surface area contributed by atoms with Crippen LogP contribution in [0.15, 0.2) is 42.0 Å². The van der Waals surface area contributed by atoms with Crippen molar-refractivity contribution in [3.63, 3.8) is 0 Å². The first-order valence-electron chi connectivity index (χ1n) is 5.06. The van der Waals surface area contributed by atoms with Gasteiger partial charge in [0, 0.05) is 11.1 Å². The molecule has 2 aromatic rings. The van der Waals surface area contributed by atoms with Gasteiger partial charge in [-0.1, -0.05) is 6.07 Å². The smallest absolute Gasteiger partial charge is 0.315 e. The molecule has 0 saturated heterocycles. The molecule has 0 aliphatic heterocycles. The fourth-order valence-electron chi connectivity index (χ4n) is 1.38. The summed E-state index contributed by atoms with van der Waals surface area (Å²) in [6, 6.07) is 7.13. The maximum Gasteiger partial charge on any atom is 0.315 e. The predicted octanol–water partition coefficient (Wildman–Crippen LogP) is 2.39. The van der Waals surface area contributed by atoms with Crippen LogP contribution in [0.1, 0.15) is 10.8 Å². The molecular formula is C12H11NO3S. The van der Waals surface area contributed by atoms with Crippen molar-refractivity contribution in [2.24, 2.45) is 0 Å². The molecule has 0 radical (unpaired) electrons. The van der Waals surface area contributed by atoms with Crippen LogP contribution in [0.2, 0.25) is 0 Å². The first kappa shape index (κ1) is 11.6. The highest BCUT2D eigenvalue weighted by atomic mass is 32.1. The van der Waals surface area contributed by atoms with Crippen molar-refractivity contribution >= 4 is 17.3 Å². The molecule has 0 aliphatic carbocycles. The van der Waals surface area contributed by atoms with E-state index in [0.29, 0.717) is 5.75 Å². The largest absolute Gasteiger partial charge is 0.491 e. The maximum atomic E-state index is 11.1. The summed E-state index contributed by atoms with van der Waals surface area (Å²) in [6.45, 7) is 0.113. The summed E-state index contributed by atoms with van der Waals surface area (Å²) in [5, 5.41) is 11.0. The van der Waals surface area contributed by atoms with E-state index in [1.54, 1.807) is 30.6 Å². The van der Waals surface area contributed by atoms with Gasteiger partial charge < -0.3 is 9.84 Å². The molecule has 1 unspecified atom stereocenters. The van der Waals surface area contributed by atoms with Crippen LogP contribution < -0.4 is 4.74 Å². The number of hydrogen-bond acceptors (Lipinski definition) is 4. The summed E-state index contributed by atoms with van der Waals surface area (Å²) < 4.78 is 5.42. The number of aliphatic carboxylic acids is 1. The minimum atomic E-state index is -0.878. The van der Waals surface area contributed by atoms with Gasteiger partial charge in [0.2, 0.25) is 0 Å². The second kappa shape index (κ2) is 5.45. The van der Waals surface area contributed by atoms with Crippen LogP contribution in [0.4, 0.5) is 0 Å². The number of aromatic nitrogens is 1. The van der Waals surface area contributed by atoms with E-state index in [2.05, 4.69) is 4.98 Å². The quantitative estimate of drug-likeness (QED) is 0.883. The lowest BCUT2D eigenvalue weighted by molar-refractivity contribution is -0.139. The monoisotopic (exact) mass is 249 g/mol. The summed E-state index contributed by atoms with van der Waals surface area (Å²) in [6.07, 6.45) is 3.20. The number of ether oxygens (including phenoxy) is 1. The fourth-order valence-corrected chi connectivity index (χ4v) is 2.18. The third-order valence-corrected chi connectivity index (χ3v) is 3.22. The average molecular weight is 249 g/mol. The third-order valence-electron chi connectivity index (χ3n) is 2.24. The van der Waals surface area contributed by atoms with Gasteiger partial charge in [-0.15, -0.1) is 11.3 Å². The first-order valence-corrected chi connectivity index (χ1v) is 5.94. The van der Waals surface area contributed by atoms with Crippen LogP contribution in [0, 0.1) is 0 Å². The van der Waals surface area contributed by atoms with Gasteiger partial charge in [-0.05, 0) is 23.6 Å². The summed E-state index contributed by atoms with van der Waals surface area (Å²) >= 11 is 1.42. The van der Waals surface area contributed by atoms with Crippen molar-refractivity contribution in [1.29, 1.82) is 0 Å². The summed E-state index contributed by atoms with van der Waals surface area (Å²) in [5.41, 5.74) is 0. The van der Waals surface area contributed by atoms with Gasteiger partial charge in [0.25, 0.3) is 0 Å². The van der Waals surface area contributed by atoms with Crippen molar-refractivity contribution in [3.05, 3.63) is 46.9 Å². The highest BCUT2D eigenvalue weighted by Gasteiger charge is 2.21. The van der Waals surface area contributed by atoms with Gasteiger partial charge in [-0.25, -0.2) is 0 Å². The Labute approximate surface area is 103 Å². The number of carboxylic acid groups (broad SMARTS) is 1. The Morgan fingerprint density at radius 1 is 1.47 bits per heavy atom. The molecule has 2 rings (SSSR count). The van der Waals surface area contributed by atoms with Crippen molar-refractivity contribution < 1.29 is 14.6 Å². The van der Waals surface area contributed by atoms with Crippen molar-refractivity contribution in [2.45, 2.75) is 5.92 Å². The lowest BCUT2D eigenvalue weighted by Crippen LogP contribution is -2.18. The zero-order chi connectivity index (χ0) is 12.1. The molecule has 0 amide bonds. The Morgan fingerprint density at radius 2 is 2.35 bits per heavy atom. The van der Waals surface area contributed by atoms with Gasteiger partial charge in [0.15, 0.2) is 0 Å². The number of rotatable bonds is 5. The Hall–Kier alpha value is -1.88. The van der Waals surface area contributed by atoms with E-state index in [4.69, 9.17) is 9.84 Å². The summed E-state index contributed by atoms with van der Waals surface area (Å²) in [5.74, 6) is -0.929. The Bertz CT molecular complexity index is 470. The van der Waals surface area contributed by atoms with E-state index in [9.17, 15) is 4.79 Å². The number of hydrogen-bond donors (Lipinski definition) is 1. The van der Waals surface area contributed by atoms with Crippen LogP contribution in [0.25, 0.3) is 0 Å². The minimum absolute atomic E-state index is 0.113. The van der Waals surface area contributed by atoms with Crippen molar-refractivity contribution in [3.8, 4) is 5.75 Å². The Kier molecular flexibility index (Phi) is 3.72. The summed E-state index contributed by atoms with van der Waals surface area (Å²) in [7, 11) is 0. The number of pyridine rings is 1. The molecule has 4 nitrogen and oxygen atoms in total. The molecule has 0 bridgehead atoms. The van der Waals surface area contributed by atoms with E-state index < -0.39 is 11.9 Å². The zero-order valence-corrected chi connectivity index (χ0v) is 9.76. The number of thiophene rings is 1. The Morgan fingerprint density at radius 3 is 2.94 bits per heavy atom. The van der Waals surface area contributed by atoms with Crippen LogP contribution in [-0.4, -0.2) is 22.7 Å². The van der Waals surface area contributed by atoms with E-state index in [0.717, 1.165) is 4.88 Å². The molecule has 5 heteroatoms. The van der Waals surface area contributed by atoms with E-state index in [-0.39, 0.29) is 6.61 Å².